The number of nitrogens with zero attached hydrogens (tertiary/aromatic N) is 1. The van der Waals surface area contributed by atoms with E-state index in [1.54, 1.807) is 24.3 Å². The number of aromatic amines is 1. The molecule has 3 rings (SSSR count). The molecule has 7 nitrogen and oxygen atoms in total. The van der Waals surface area contributed by atoms with Crippen LogP contribution >= 0.6 is 0 Å². The Kier molecular flexibility index (Phi) is 4.53. The number of rotatable bonds is 4. The smallest absolute Gasteiger partial charge is 0.282 e. The normalized spacial score (nSPS) is 10.9. The van der Waals surface area contributed by atoms with E-state index in [1.807, 2.05) is 19.9 Å². The maximum Gasteiger partial charge on any atom is 0.282 e. The molecular formula is C19H17N3O4. The number of H-pyrrole nitrogens is 1. The van der Waals surface area contributed by atoms with Crippen LogP contribution in [0.25, 0.3) is 10.9 Å². The number of nitrogens with one attached hydrogen (secondary N) is 2. The van der Waals surface area contributed by atoms with Gasteiger partial charge >= 0.3 is 0 Å². The maximum atomic E-state index is 12.4. The van der Waals surface area contributed by atoms with Gasteiger partial charge < -0.3 is 10.3 Å². The fraction of sp³-hybridized carbons (Fsp3) is 0.158. The van der Waals surface area contributed by atoms with E-state index in [4.69, 9.17) is 0 Å². The molecule has 1 heterocycles. The summed E-state index contributed by atoms with van der Waals surface area (Å²) in [5, 5.41) is 14.6. The van der Waals surface area contributed by atoms with Crippen molar-refractivity contribution in [1.29, 1.82) is 0 Å². The number of carbonyl (C=O) groups excluding carboxylic acids is 1. The van der Waals surface area contributed by atoms with Gasteiger partial charge in [-0.25, -0.2) is 0 Å². The number of hydrogen-bond donors (Lipinski definition) is 2. The highest BCUT2D eigenvalue weighted by atomic mass is 16.6. The summed E-state index contributed by atoms with van der Waals surface area (Å²) in [7, 11) is 0. The van der Waals surface area contributed by atoms with E-state index in [0.29, 0.717) is 11.2 Å². The van der Waals surface area contributed by atoms with Crippen molar-refractivity contribution in [2.24, 2.45) is 0 Å². The first kappa shape index (κ1) is 17.3. The molecule has 0 aliphatic rings. The van der Waals surface area contributed by atoms with E-state index in [1.165, 1.54) is 18.2 Å². The van der Waals surface area contributed by atoms with Gasteiger partial charge in [-0.15, -0.1) is 0 Å². The molecule has 7 heteroatoms. The Labute approximate surface area is 148 Å². The summed E-state index contributed by atoms with van der Waals surface area (Å²) >= 11 is 0. The lowest BCUT2D eigenvalue weighted by Gasteiger charge is -2.11. The highest BCUT2D eigenvalue weighted by Gasteiger charge is 2.19. The highest BCUT2D eigenvalue weighted by Crippen LogP contribution is 2.26. The number of nitro benzene ring substituents is 1. The van der Waals surface area contributed by atoms with E-state index in [-0.39, 0.29) is 22.7 Å². The molecule has 0 radical (unpaired) electrons. The number of pyridine rings is 1. The molecule has 1 amide bonds. The second kappa shape index (κ2) is 6.79. The van der Waals surface area contributed by atoms with Crippen LogP contribution in [0.15, 0.2) is 53.3 Å². The third kappa shape index (κ3) is 3.32. The zero-order valence-electron chi connectivity index (χ0n) is 14.3. The van der Waals surface area contributed by atoms with E-state index < -0.39 is 10.8 Å². The van der Waals surface area contributed by atoms with Gasteiger partial charge in [-0.3, -0.25) is 19.7 Å². The molecule has 0 aliphatic carbocycles. The first-order valence-electron chi connectivity index (χ1n) is 8.08. The molecule has 132 valence electrons. The summed E-state index contributed by atoms with van der Waals surface area (Å²) in [6.07, 6.45) is 0. The van der Waals surface area contributed by atoms with Crippen LogP contribution in [-0.2, 0) is 0 Å². The van der Waals surface area contributed by atoms with Crippen LogP contribution < -0.4 is 10.9 Å². The second-order valence-electron chi connectivity index (χ2n) is 6.23. The summed E-state index contributed by atoms with van der Waals surface area (Å²) in [5.41, 5.74) is 1.45. The van der Waals surface area contributed by atoms with E-state index >= 15 is 0 Å². The van der Waals surface area contributed by atoms with E-state index in [2.05, 4.69) is 10.3 Å². The van der Waals surface area contributed by atoms with E-state index in [0.717, 1.165) is 10.9 Å². The Balaban J connectivity index is 1.99. The molecule has 0 saturated heterocycles. The minimum Gasteiger partial charge on any atom is -0.322 e. The van der Waals surface area contributed by atoms with Gasteiger partial charge in [0, 0.05) is 23.2 Å². The van der Waals surface area contributed by atoms with Gasteiger partial charge in [-0.2, -0.15) is 0 Å². The van der Waals surface area contributed by atoms with Crippen molar-refractivity contribution in [2.75, 3.05) is 5.32 Å². The van der Waals surface area contributed by atoms with Gasteiger partial charge in [0.05, 0.1) is 10.4 Å². The van der Waals surface area contributed by atoms with Crippen LogP contribution in [0.3, 0.4) is 0 Å². The van der Waals surface area contributed by atoms with Crippen molar-refractivity contribution in [2.45, 2.75) is 19.8 Å². The first-order chi connectivity index (χ1) is 12.4. The Hall–Kier alpha value is -3.48. The number of nitro groups is 1. The lowest BCUT2D eigenvalue weighted by molar-refractivity contribution is -0.385. The van der Waals surface area contributed by atoms with Gasteiger partial charge in [-0.1, -0.05) is 32.0 Å². The Morgan fingerprint density at radius 1 is 1.15 bits per heavy atom. The molecule has 0 atom stereocenters. The average Bonchev–Trinajstić information content (AvgIpc) is 2.60. The van der Waals surface area contributed by atoms with Crippen molar-refractivity contribution < 1.29 is 9.72 Å². The summed E-state index contributed by atoms with van der Waals surface area (Å²) in [4.78, 5) is 37.5. The number of aromatic nitrogens is 1. The van der Waals surface area contributed by atoms with Gasteiger partial charge in [0.25, 0.3) is 11.6 Å². The molecule has 3 aromatic rings. The van der Waals surface area contributed by atoms with Crippen molar-refractivity contribution in [3.8, 4) is 0 Å². The van der Waals surface area contributed by atoms with Gasteiger partial charge in [0.2, 0.25) is 5.56 Å². The molecule has 0 aliphatic heterocycles. The number of hydrogen-bond acceptors (Lipinski definition) is 4. The van der Waals surface area contributed by atoms with Crippen molar-refractivity contribution in [3.63, 3.8) is 0 Å². The summed E-state index contributed by atoms with van der Waals surface area (Å²) in [5.74, 6) is -0.411. The SMILES string of the molecule is CC(C)c1cc(=O)[nH]c2cc(NC(=O)c3ccccc3[N+](=O)[O-])ccc12. The van der Waals surface area contributed by atoms with Crippen LogP contribution in [0.5, 0.6) is 0 Å². The lowest BCUT2D eigenvalue weighted by atomic mass is 9.99. The third-order valence-electron chi connectivity index (χ3n) is 4.10. The molecule has 1 aromatic heterocycles. The molecule has 0 fully saturated rings. The lowest BCUT2D eigenvalue weighted by Crippen LogP contribution is -2.14. The number of amides is 1. The molecule has 2 aromatic carbocycles. The van der Waals surface area contributed by atoms with Crippen LogP contribution in [0.4, 0.5) is 11.4 Å². The number of anilines is 1. The summed E-state index contributed by atoms with van der Waals surface area (Å²) in [6.45, 7) is 4.00. The zero-order chi connectivity index (χ0) is 18.8. The minimum atomic E-state index is -0.596. The summed E-state index contributed by atoms with van der Waals surface area (Å²) < 4.78 is 0. The highest BCUT2D eigenvalue weighted by molar-refractivity contribution is 6.07. The zero-order valence-corrected chi connectivity index (χ0v) is 14.3. The molecule has 0 bridgehead atoms. The molecule has 0 saturated carbocycles. The standard InChI is InChI=1S/C19H17N3O4/c1-11(2)15-10-18(23)21-16-9-12(7-8-13(15)16)20-19(24)14-5-3-4-6-17(14)22(25)26/h3-11H,1-2H3,(H,20,24)(H,21,23). The van der Waals surface area contributed by atoms with Crippen molar-refractivity contribution in [3.05, 3.63) is 80.1 Å². The Bertz CT molecular complexity index is 1070. The number of para-hydroxylation sites is 1. The van der Waals surface area contributed by atoms with Crippen LogP contribution in [0.1, 0.15) is 35.7 Å². The fourth-order valence-corrected chi connectivity index (χ4v) is 2.87. The van der Waals surface area contributed by atoms with Crippen LogP contribution in [0, 0.1) is 10.1 Å². The second-order valence-corrected chi connectivity index (χ2v) is 6.23. The maximum absolute atomic E-state index is 12.4. The van der Waals surface area contributed by atoms with E-state index in [9.17, 15) is 19.7 Å². The molecule has 26 heavy (non-hydrogen) atoms. The predicted octanol–water partition coefficient (Wildman–Crippen LogP) is 3.81. The number of carbonyl (C=O) groups is 1. The predicted molar refractivity (Wildman–Crippen MR) is 99.7 cm³/mol. The molecule has 0 unspecified atom stereocenters. The van der Waals surface area contributed by atoms with Crippen LogP contribution in [-0.4, -0.2) is 15.8 Å². The quantitative estimate of drug-likeness (QED) is 0.551. The molecular weight excluding hydrogens is 334 g/mol. The third-order valence-corrected chi connectivity index (χ3v) is 4.10. The minimum absolute atomic E-state index is 0.0259. The van der Waals surface area contributed by atoms with Gasteiger partial charge in [-0.05, 0) is 29.7 Å². The molecule has 2 N–H and O–H groups in total. The Morgan fingerprint density at radius 3 is 2.58 bits per heavy atom. The van der Waals surface area contributed by atoms with Gasteiger partial charge in [0.1, 0.15) is 5.56 Å². The Morgan fingerprint density at radius 2 is 1.88 bits per heavy atom. The molecule has 0 spiro atoms. The average molecular weight is 351 g/mol. The monoisotopic (exact) mass is 351 g/mol. The number of benzene rings is 2. The fourth-order valence-electron chi connectivity index (χ4n) is 2.87. The first-order valence-corrected chi connectivity index (χ1v) is 8.08. The van der Waals surface area contributed by atoms with Crippen molar-refractivity contribution >= 4 is 28.2 Å². The summed E-state index contributed by atoms with van der Waals surface area (Å²) in [6, 6.07) is 12.5. The van der Waals surface area contributed by atoms with Crippen molar-refractivity contribution in [1.82, 2.24) is 4.98 Å². The van der Waals surface area contributed by atoms with Crippen LogP contribution in [0.2, 0.25) is 0 Å². The number of fused-ring (bicyclic) bond motifs is 1. The van der Waals surface area contributed by atoms with Gasteiger partial charge in [0.15, 0.2) is 0 Å². The largest absolute Gasteiger partial charge is 0.322 e. The topological polar surface area (TPSA) is 105 Å².